The first-order valence-corrected chi connectivity index (χ1v) is 9.87. The van der Waals surface area contributed by atoms with E-state index >= 15 is 0 Å². The van der Waals surface area contributed by atoms with E-state index in [1.807, 2.05) is 36.4 Å². The van der Waals surface area contributed by atoms with Crippen molar-refractivity contribution in [1.82, 2.24) is 9.80 Å². The van der Waals surface area contributed by atoms with Gasteiger partial charge in [-0.1, -0.05) is 48.2 Å². The first kappa shape index (κ1) is 18.6. The number of aromatic hydroxyl groups is 1. The van der Waals surface area contributed by atoms with Gasteiger partial charge in [0.15, 0.2) is 0 Å². The van der Waals surface area contributed by atoms with E-state index in [1.165, 1.54) is 5.56 Å². The zero-order chi connectivity index (χ0) is 19.3. The van der Waals surface area contributed by atoms with Gasteiger partial charge in [0, 0.05) is 38.2 Å². The lowest BCUT2D eigenvalue weighted by atomic mass is 9.99. The van der Waals surface area contributed by atoms with Crippen molar-refractivity contribution in [1.29, 1.82) is 0 Å². The van der Waals surface area contributed by atoms with Crippen LogP contribution in [0, 0.1) is 11.8 Å². The van der Waals surface area contributed by atoms with Crippen LogP contribution in [0.25, 0.3) is 10.8 Å². The maximum atomic E-state index is 10.4. The number of likely N-dealkylation sites (N-methyl/N-ethyl adjacent to an activating group) is 1. The van der Waals surface area contributed by atoms with E-state index in [1.54, 1.807) is 0 Å². The summed E-state index contributed by atoms with van der Waals surface area (Å²) in [6.45, 7) is 5.23. The monoisotopic (exact) mass is 370 g/mol. The van der Waals surface area contributed by atoms with Crippen molar-refractivity contribution < 1.29 is 5.11 Å². The van der Waals surface area contributed by atoms with Crippen LogP contribution in [0.2, 0.25) is 0 Å². The number of rotatable bonds is 3. The number of nitrogens with zero attached hydrogens (tertiary/aromatic N) is 2. The van der Waals surface area contributed by atoms with Gasteiger partial charge in [-0.2, -0.15) is 0 Å². The molecule has 0 atom stereocenters. The third-order valence-electron chi connectivity index (χ3n) is 5.41. The molecule has 1 aliphatic heterocycles. The average molecular weight is 370 g/mol. The summed E-state index contributed by atoms with van der Waals surface area (Å²) in [5, 5.41) is 12.6. The van der Waals surface area contributed by atoms with E-state index in [2.05, 4.69) is 53.0 Å². The lowest BCUT2D eigenvalue weighted by Crippen LogP contribution is -2.44. The van der Waals surface area contributed by atoms with Crippen LogP contribution in [0.5, 0.6) is 5.75 Å². The molecule has 1 heterocycles. The van der Waals surface area contributed by atoms with Gasteiger partial charge in [-0.3, -0.25) is 4.90 Å². The van der Waals surface area contributed by atoms with E-state index in [-0.39, 0.29) is 0 Å². The number of hydrogen-bond acceptors (Lipinski definition) is 3. The lowest BCUT2D eigenvalue weighted by molar-refractivity contribution is 0.168. The number of phenolic OH excluding ortho intramolecular Hbond substituents is 1. The average Bonchev–Trinajstić information content (AvgIpc) is 2.71. The minimum absolute atomic E-state index is 0.352. The van der Waals surface area contributed by atoms with Gasteiger partial charge in [-0.25, -0.2) is 0 Å². The Bertz CT molecular complexity index is 1010. The molecule has 0 radical (unpaired) electrons. The molecule has 1 fully saturated rings. The van der Waals surface area contributed by atoms with Crippen LogP contribution in [-0.2, 0) is 6.42 Å². The molecule has 1 N–H and O–H groups in total. The zero-order valence-corrected chi connectivity index (χ0v) is 16.4. The fraction of sp³-hybridized carbons (Fsp3) is 0.280. The van der Waals surface area contributed by atoms with Crippen molar-refractivity contribution in [3.63, 3.8) is 0 Å². The summed E-state index contributed by atoms with van der Waals surface area (Å²) in [5.41, 5.74) is 3.17. The third-order valence-corrected chi connectivity index (χ3v) is 5.41. The molecule has 3 aromatic carbocycles. The molecule has 4 rings (SSSR count). The van der Waals surface area contributed by atoms with Gasteiger partial charge in [-0.05, 0) is 53.2 Å². The second-order valence-electron chi connectivity index (χ2n) is 7.59. The van der Waals surface area contributed by atoms with Crippen LogP contribution in [0.3, 0.4) is 0 Å². The topological polar surface area (TPSA) is 26.7 Å². The Morgan fingerprint density at radius 1 is 0.893 bits per heavy atom. The summed E-state index contributed by atoms with van der Waals surface area (Å²) in [4.78, 5) is 4.76. The SMILES string of the molecule is CN1CCN(CC#Cc2ccc3cc(O)c(Cc4ccccc4)cc3c2)CC1. The smallest absolute Gasteiger partial charge is 0.119 e. The normalized spacial score (nSPS) is 15.3. The summed E-state index contributed by atoms with van der Waals surface area (Å²) in [7, 11) is 2.17. The minimum atomic E-state index is 0.352. The lowest BCUT2D eigenvalue weighted by Gasteiger charge is -2.30. The molecule has 1 aliphatic rings. The minimum Gasteiger partial charge on any atom is -0.508 e. The van der Waals surface area contributed by atoms with Crippen molar-refractivity contribution in [2.24, 2.45) is 0 Å². The summed E-state index contributed by atoms with van der Waals surface area (Å²) >= 11 is 0. The first-order chi connectivity index (χ1) is 13.7. The molecule has 142 valence electrons. The second-order valence-corrected chi connectivity index (χ2v) is 7.59. The van der Waals surface area contributed by atoms with Crippen LogP contribution in [-0.4, -0.2) is 54.7 Å². The van der Waals surface area contributed by atoms with Crippen LogP contribution in [0.1, 0.15) is 16.7 Å². The Labute approximate surface area is 167 Å². The molecule has 1 saturated heterocycles. The molecule has 3 heteroatoms. The first-order valence-electron chi connectivity index (χ1n) is 9.87. The van der Waals surface area contributed by atoms with Gasteiger partial charge in [0.1, 0.15) is 5.75 Å². The molecule has 0 aliphatic carbocycles. The fourth-order valence-corrected chi connectivity index (χ4v) is 3.63. The highest BCUT2D eigenvalue weighted by atomic mass is 16.3. The predicted octanol–water partition coefficient (Wildman–Crippen LogP) is 3.74. The summed E-state index contributed by atoms with van der Waals surface area (Å²) in [6, 6.07) is 20.4. The Morgan fingerprint density at radius 2 is 1.68 bits per heavy atom. The Balaban J connectivity index is 1.51. The molecular formula is C25H26N2O. The van der Waals surface area contributed by atoms with Gasteiger partial charge in [0.05, 0.1) is 6.54 Å². The fourth-order valence-electron chi connectivity index (χ4n) is 3.63. The van der Waals surface area contributed by atoms with Crippen molar-refractivity contribution in [2.75, 3.05) is 39.8 Å². The molecule has 0 unspecified atom stereocenters. The molecule has 0 spiro atoms. The molecule has 0 amide bonds. The standard InChI is InChI=1S/C25H26N2O/c1-26-12-14-27(15-13-26)11-5-8-21-9-10-22-19-25(28)24(18-23(22)16-21)17-20-6-3-2-4-7-20/h2-4,6-7,9-10,16,18-19,28H,11-15,17H2,1H3. The van der Waals surface area contributed by atoms with Gasteiger partial charge < -0.3 is 10.0 Å². The second kappa shape index (κ2) is 8.48. The van der Waals surface area contributed by atoms with Crippen molar-refractivity contribution in [3.05, 3.63) is 77.4 Å². The van der Waals surface area contributed by atoms with E-state index in [0.717, 1.165) is 61.0 Å². The molecule has 3 aromatic rings. The van der Waals surface area contributed by atoms with Crippen molar-refractivity contribution in [3.8, 4) is 17.6 Å². The van der Waals surface area contributed by atoms with E-state index in [9.17, 15) is 5.11 Å². The molecule has 0 aromatic heterocycles. The number of phenols is 1. The van der Waals surface area contributed by atoms with Crippen LogP contribution in [0.4, 0.5) is 0 Å². The molecule has 3 nitrogen and oxygen atoms in total. The van der Waals surface area contributed by atoms with Crippen LogP contribution in [0.15, 0.2) is 60.7 Å². The van der Waals surface area contributed by atoms with Gasteiger partial charge in [0.25, 0.3) is 0 Å². The summed E-state index contributed by atoms with van der Waals surface area (Å²) < 4.78 is 0. The summed E-state index contributed by atoms with van der Waals surface area (Å²) in [5.74, 6) is 6.99. The maximum absolute atomic E-state index is 10.4. The van der Waals surface area contributed by atoms with E-state index in [4.69, 9.17) is 0 Å². The number of hydrogen-bond donors (Lipinski definition) is 1. The molecule has 0 saturated carbocycles. The van der Waals surface area contributed by atoms with Crippen molar-refractivity contribution in [2.45, 2.75) is 6.42 Å². The highest BCUT2D eigenvalue weighted by molar-refractivity contribution is 5.86. The van der Waals surface area contributed by atoms with Crippen LogP contribution < -0.4 is 0 Å². The Hall–Kier alpha value is -2.80. The number of piperazine rings is 1. The van der Waals surface area contributed by atoms with E-state index < -0.39 is 0 Å². The number of benzene rings is 3. The molecular weight excluding hydrogens is 344 g/mol. The van der Waals surface area contributed by atoms with E-state index in [0.29, 0.717) is 5.75 Å². The predicted molar refractivity (Wildman–Crippen MR) is 116 cm³/mol. The van der Waals surface area contributed by atoms with Crippen LogP contribution >= 0.6 is 0 Å². The van der Waals surface area contributed by atoms with Gasteiger partial charge in [0.2, 0.25) is 0 Å². The molecule has 28 heavy (non-hydrogen) atoms. The third kappa shape index (κ3) is 4.54. The highest BCUT2D eigenvalue weighted by Crippen LogP contribution is 2.27. The Kier molecular flexibility index (Phi) is 5.62. The largest absolute Gasteiger partial charge is 0.508 e. The Morgan fingerprint density at radius 3 is 2.46 bits per heavy atom. The van der Waals surface area contributed by atoms with Gasteiger partial charge >= 0.3 is 0 Å². The number of fused-ring (bicyclic) bond motifs is 1. The quantitative estimate of drug-likeness (QED) is 0.712. The van der Waals surface area contributed by atoms with Crippen molar-refractivity contribution >= 4 is 10.8 Å². The zero-order valence-electron chi connectivity index (χ0n) is 16.4. The maximum Gasteiger partial charge on any atom is 0.119 e. The summed E-state index contributed by atoms with van der Waals surface area (Å²) in [6.07, 6.45) is 0.724. The van der Waals surface area contributed by atoms with Gasteiger partial charge in [-0.15, -0.1) is 0 Å². The molecule has 0 bridgehead atoms. The highest BCUT2D eigenvalue weighted by Gasteiger charge is 2.11.